The van der Waals surface area contributed by atoms with E-state index < -0.39 is 0 Å². The van der Waals surface area contributed by atoms with Gasteiger partial charge in [-0.1, -0.05) is 0 Å². The van der Waals surface area contributed by atoms with Gasteiger partial charge >= 0.3 is 6.01 Å². The van der Waals surface area contributed by atoms with Crippen LogP contribution < -0.4 is 15.0 Å². The van der Waals surface area contributed by atoms with Crippen molar-refractivity contribution in [3.05, 3.63) is 0 Å². The highest BCUT2D eigenvalue weighted by molar-refractivity contribution is 5.38. The molecule has 2 heterocycles. The standard InChI is InChI=1S/C11H19N5O2/c1-8-7-16(5-4-6-18-8)10-13-9(12-2)14-11(15-10)17-3/h8H,4-7H2,1-3H3,(H,12,13,14,15). The fraction of sp³-hybridized carbons (Fsp3) is 0.727. The van der Waals surface area contributed by atoms with Gasteiger partial charge in [-0.15, -0.1) is 0 Å². The Labute approximate surface area is 107 Å². The summed E-state index contributed by atoms with van der Waals surface area (Å²) in [5.74, 6) is 1.14. The van der Waals surface area contributed by atoms with Gasteiger partial charge in [0.05, 0.1) is 13.2 Å². The molecular formula is C11H19N5O2. The molecule has 0 saturated carbocycles. The highest BCUT2D eigenvalue weighted by Gasteiger charge is 2.19. The summed E-state index contributed by atoms with van der Waals surface area (Å²) in [5, 5.41) is 2.91. The molecule has 1 saturated heterocycles. The number of methoxy groups -OCH3 is 1. The number of nitrogens with zero attached hydrogens (tertiary/aromatic N) is 4. The SMILES string of the molecule is CNc1nc(OC)nc(N2CCCOC(C)C2)n1. The Kier molecular flexibility index (Phi) is 4.14. The third-order valence-electron chi connectivity index (χ3n) is 2.74. The molecule has 1 atom stereocenters. The van der Waals surface area contributed by atoms with Crippen molar-refractivity contribution in [1.29, 1.82) is 0 Å². The van der Waals surface area contributed by atoms with Gasteiger partial charge in [-0.05, 0) is 13.3 Å². The zero-order chi connectivity index (χ0) is 13.0. The second-order valence-corrected chi connectivity index (χ2v) is 4.18. The van der Waals surface area contributed by atoms with Crippen LogP contribution in [0.4, 0.5) is 11.9 Å². The molecule has 0 aromatic carbocycles. The minimum atomic E-state index is 0.174. The van der Waals surface area contributed by atoms with Crippen molar-refractivity contribution in [2.24, 2.45) is 0 Å². The number of nitrogens with one attached hydrogen (secondary N) is 1. The minimum Gasteiger partial charge on any atom is -0.467 e. The molecule has 0 amide bonds. The molecule has 1 aromatic rings. The van der Waals surface area contributed by atoms with Gasteiger partial charge in [0.2, 0.25) is 11.9 Å². The van der Waals surface area contributed by atoms with Gasteiger partial charge in [-0.3, -0.25) is 0 Å². The van der Waals surface area contributed by atoms with Crippen molar-refractivity contribution in [3.63, 3.8) is 0 Å². The van der Waals surface area contributed by atoms with Crippen LogP contribution >= 0.6 is 0 Å². The van der Waals surface area contributed by atoms with Gasteiger partial charge in [0, 0.05) is 26.7 Å². The van der Waals surface area contributed by atoms with Crippen molar-refractivity contribution < 1.29 is 9.47 Å². The fourth-order valence-electron chi connectivity index (χ4n) is 1.87. The van der Waals surface area contributed by atoms with Crippen LogP contribution in [-0.2, 0) is 4.74 Å². The summed E-state index contributed by atoms with van der Waals surface area (Å²) in [6.45, 7) is 4.48. The van der Waals surface area contributed by atoms with Crippen LogP contribution in [0.15, 0.2) is 0 Å². The van der Waals surface area contributed by atoms with E-state index in [1.807, 2.05) is 0 Å². The zero-order valence-corrected chi connectivity index (χ0v) is 11.0. The van der Waals surface area contributed by atoms with E-state index in [-0.39, 0.29) is 6.10 Å². The molecule has 2 rings (SSSR count). The maximum Gasteiger partial charge on any atom is 0.322 e. The van der Waals surface area contributed by atoms with Crippen molar-refractivity contribution in [2.45, 2.75) is 19.4 Å². The first-order chi connectivity index (χ1) is 8.72. The lowest BCUT2D eigenvalue weighted by molar-refractivity contribution is 0.0820. The van der Waals surface area contributed by atoms with Crippen molar-refractivity contribution in [3.8, 4) is 6.01 Å². The Morgan fingerprint density at radius 2 is 2.22 bits per heavy atom. The van der Waals surface area contributed by atoms with E-state index in [1.54, 1.807) is 14.2 Å². The van der Waals surface area contributed by atoms with Gasteiger partial charge < -0.3 is 19.7 Å². The van der Waals surface area contributed by atoms with E-state index in [0.717, 1.165) is 26.1 Å². The van der Waals surface area contributed by atoms with E-state index in [2.05, 4.69) is 32.1 Å². The Morgan fingerprint density at radius 3 is 2.94 bits per heavy atom. The van der Waals surface area contributed by atoms with Crippen LogP contribution in [0.2, 0.25) is 0 Å². The van der Waals surface area contributed by atoms with Crippen LogP contribution in [0, 0.1) is 0 Å². The molecule has 0 spiro atoms. The molecule has 1 aliphatic heterocycles. The fourth-order valence-corrected chi connectivity index (χ4v) is 1.87. The second-order valence-electron chi connectivity index (χ2n) is 4.18. The monoisotopic (exact) mass is 253 g/mol. The third-order valence-corrected chi connectivity index (χ3v) is 2.74. The van der Waals surface area contributed by atoms with Crippen LogP contribution in [0.5, 0.6) is 6.01 Å². The van der Waals surface area contributed by atoms with Gasteiger partial charge in [-0.2, -0.15) is 15.0 Å². The van der Waals surface area contributed by atoms with E-state index in [1.165, 1.54) is 0 Å². The molecule has 1 aromatic heterocycles. The zero-order valence-electron chi connectivity index (χ0n) is 11.0. The van der Waals surface area contributed by atoms with Crippen molar-refractivity contribution in [1.82, 2.24) is 15.0 Å². The predicted octanol–water partition coefficient (Wildman–Crippen LogP) is 0.537. The molecular weight excluding hydrogens is 234 g/mol. The Balaban J connectivity index is 2.24. The highest BCUT2D eigenvalue weighted by Crippen LogP contribution is 2.17. The van der Waals surface area contributed by atoms with Crippen molar-refractivity contribution >= 4 is 11.9 Å². The number of hydrogen-bond donors (Lipinski definition) is 1. The molecule has 7 heteroatoms. The molecule has 1 unspecified atom stereocenters. The normalized spacial score (nSPS) is 20.4. The predicted molar refractivity (Wildman–Crippen MR) is 68.2 cm³/mol. The molecule has 1 aliphatic rings. The largest absolute Gasteiger partial charge is 0.467 e. The van der Waals surface area contributed by atoms with Crippen LogP contribution in [0.3, 0.4) is 0 Å². The van der Waals surface area contributed by atoms with E-state index in [4.69, 9.17) is 9.47 Å². The molecule has 0 radical (unpaired) electrons. The first-order valence-corrected chi connectivity index (χ1v) is 6.07. The Bertz CT molecular complexity index is 379. The number of ether oxygens (including phenoxy) is 2. The van der Waals surface area contributed by atoms with E-state index in [0.29, 0.717) is 17.9 Å². The van der Waals surface area contributed by atoms with Crippen molar-refractivity contribution in [2.75, 3.05) is 44.1 Å². The first kappa shape index (κ1) is 12.8. The van der Waals surface area contributed by atoms with E-state index in [9.17, 15) is 0 Å². The van der Waals surface area contributed by atoms with Crippen LogP contribution in [-0.4, -0.2) is 54.9 Å². The summed E-state index contributed by atoms with van der Waals surface area (Å²) in [5.41, 5.74) is 0. The highest BCUT2D eigenvalue weighted by atomic mass is 16.5. The lowest BCUT2D eigenvalue weighted by Gasteiger charge is -2.22. The number of rotatable bonds is 3. The Morgan fingerprint density at radius 1 is 1.39 bits per heavy atom. The lowest BCUT2D eigenvalue weighted by atomic mass is 10.3. The maximum atomic E-state index is 5.61. The topological polar surface area (TPSA) is 72.4 Å². The molecule has 100 valence electrons. The summed E-state index contributed by atoms with van der Waals surface area (Å²) in [6.07, 6.45) is 1.14. The summed E-state index contributed by atoms with van der Waals surface area (Å²) < 4.78 is 10.7. The molecule has 7 nitrogen and oxygen atoms in total. The smallest absolute Gasteiger partial charge is 0.322 e. The lowest BCUT2D eigenvalue weighted by Crippen LogP contribution is -2.32. The summed E-state index contributed by atoms with van der Waals surface area (Å²) in [4.78, 5) is 14.8. The average Bonchev–Trinajstić information content (AvgIpc) is 2.62. The maximum absolute atomic E-state index is 5.61. The number of aromatic nitrogens is 3. The number of anilines is 2. The summed E-state index contributed by atoms with van der Waals surface area (Å²) in [7, 11) is 3.32. The van der Waals surface area contributed by atoms with Gasteiger partial charge in [0.15, 0.2) is 0 Å². The Hall–Kier alpha value is -1.63. The second kappa shape index (κ2) is 5.81. The molecule has 0 bridgehead atoms. The van der Waals surface area contributed by atoms with Crippen LogP contribution in [0.25, 0.3) is 0 Å². The van der Waals surface area contributed by atoms with E-state index >= 15 is 0 Å². The van der Waals surface area contributed by atoms with Gasteiger partial charge in [0.25, 0.3) is 0 Å². The molecule has 18 heavy (non-hydrogen) atoms. The average molecular weight is 253 g/mol. The van der Waals surface area contributed by atoms with Gasteiger partial charge in [-0.25, -0.2) is 0 Å². The summed E-state index contributed by atoms with van der Waals surface area (Å²) in [6, 6.07) is 0.321. The molecule has 1 N–H and O–H groups in total. The van der Waals surface area contributed by atoms with Gasteiger partial charge in [0.1, 0.15) is 0 Å². The first-order valence-electron chi connectivity index (χ1n) is 6.07. The molecule has 0 aliphatic carbocycles. The quantitative estimate of drug-likeness (QED) is 0.842. The van der Waals surface area contributed by atoms with Crippen LogP contribution in [0.1, 0.15) is 13.3 Å². The number of hydrogen-bond acceptors (Lipinski definition) is 7. The molecule has 1 fully saturated rings. The summed E-state index contributed by atoms with van der Waals surface area (Å²) >= 11 is 0. The third kappa shape index (κ3) is 2.98. The minimum absolute atomic E-state index is 0.174.